The fourth-order valence-corrected chi connectivity index (χ4v) is 2.49. The maximum absolute atomic E-state index is 12.3. The summed E-state index contributed by atoms with van der Waals surface area (Å²) in [6, 6.07) is 0.146. The van der Waals surface area contributed by atoms with Crippen molar-refractivity contribution in [1.82, 2.24) is 0 Å². The minimum Gasteiger partial charge on any atom is -0.391 e. The monoisotopic (exact) mass is 256 g/mol. The highest BCUT2D eigenvalue weighted by molar-refractivity contribution is 4.67. The largest absolute Gasteiger partial charge is 0.419 e. The van der Waals surface area contributed by atoms with Gasteiger partial charge < -0.3 is 15.1 Å². The number of aliphatic hydroxyl groups is 2. The number of quaternary nitrogens is 1. The average Bonchev–Trinajstić information content (AvgIpc) is 2.28. The van der Waals surface area contributed by atoms with E-state index >= 15 is 0 Å². The van der Waals surface area contributed by atoms with Gasteiger partial charge in [0, 0.05) is 0 Å². The first kappa shape index (κ1) is 14.7. The first-order chi connectivity index (χ1) is 7.95. The Morgan fingerprint density at radius 2 is 1.76 bits per heavy atom. The maximum Gasteiger partial charge on any atom is 0.419 e. The van der Waals surface area contributed by atoms with Gasteiger partial charge in [-0.2, -0.15) is 13.2 Å². The number of hydrogen-bond acceptors (Lipinski definition) is 2. The third-order valence-electron chi connectivity index (χ3n) is 3.45. The average molecular weight is 256 g/mol. The van der Waals surface area contributed by atoms with Crippen LogP contribution in [-0.4, -0.2) is 48.2 Å². The van der Waals surface area contributed by atoms with Gasteiger partial charge in [0.05, 0.1) is 12.6 Å². The Labute approximate surface area is 99.2 Å². The highest BCUT2D eigenvalue weighted by Gasteiger charge is 2.42. The summed E-state index contributed by atoms with van der Waals surface area (Å²) in [6.07, 6.45) is -1.88. The molecule has 17 heavy (non-hydrogen) atoms. The van der Waals surface area contributed by atoms with Crippen LogP contribution in [0.2, 0.25) is 0 Å². The third kappa shape index (κ3) is 4.81. The van der Waals surface area contributed by atoms with E-state index in [1.165, 1.54) is 0 Å². The molecular weight excluding hydrogens is 235 g/mol. The molecule has 1 rings (SSSR count). The fourth-order valence-electron chi connectivity index (χ4n) is 2.49. The minimum atomic E-state index is -4.56. The lowest BCUT2D eigenvalue weighted by molar-refractivity contribution is -0.931. The lowest BCUT2D eigenvalue weighted by atomic mass is 9.94. The Morgan fingerprint density at radius 3 is 2.24 bits per heavy atom. The minimum absolute atomic E-state index is 0.142. The van der Waals surface area contributed by atoms with E-state index in [1.54, 1.807) is 0 Å². The zero-order valence-electron chi connectivity index (χ0n) is 9.84. The number of halogens is 3. The van der Waals surface area contributed by atoms with Crippen LogP contribution in [0, 0.1) is 0 Å². The molecule has 3 N–H and O–H groups in total. The molecule has 1 unspecified atom stereocenters. The summed E-state index contributed by atoms with van der Waals surface area (Å²) in [5.74, 6) is 0. The van der Waals surface area contributed by atoms with Gasteiger partial charge in [0.2, 0.25) is 0 Å². The molecule has 1 fully saturated rings. The fraction of sp³-hybridized carbons (Fsp3) is 1.00. The molecule has 0 bridgehead atoms. The first-order valence-corrected chi connectivity index (χ1v) is 6.15. The Hall–Kier alpha value is -0.330. The van der Waals surface area contributed by atoms with E-state index in [0.717, 1.165) is 32.1 Å². The Bertz CT molecular complexity index is 217. The van der Waals surface area contributed by atoms with E-state index in [4.69, 9.17) is 10.2 Å². The van der Waals surface area contributed by atoms with Gasteiger partial charge in [0.15, 0.2) is 6.10 Å². The van der Waals surface area contributed by atoms with Crippen molar-refractivity contribution in [2.45, 2.75) is 50.4 Å². The van der Waals surface area contributed by atoms with Gasteiger partial charge in [-0.05, 0) is 25.7 Å². The molecule has 102 valence electrons. The number of hydrogen-bond donors (Lipinski definition) is 3. The van der Waals surface area contributed by atoms with Crippen LogP contribution in [0.3, 0.4) is 0 Å². The maximum atomic E-state index is 12.3. The van der Waals surface area contributed by atoms with Gasteiger partial charge in [-0.15, -0.1) is 0 Å². The van der Waals surface area contributed by atoms with Crippen LogP contribution < -0.4 is 4.90 Å². The Balaban J connectivity index is 2.52. The van der Waals surface area contributed by atoms with Crippen molar-refractivity contribution in [3.8, 4) is 0 Å². The zero-order valence-corrected chi connectivity index (χ0v) is 9.84. The number of rotatable bonds is 5. The zero-order chi connectivity index (χ0) is 12.9. The lowest BCUT2D eigenvalue weighted by Gasteiger charge is -2.32. The van der Waals surface area contributed by atoms with Gasteiger partial charge >= 0.3 is 6.18 Å². The van der Waals surface area contributed by atoms with Crippen molar-refractivity contribution in [2.24, 2.45) is 0 Å². The van der Waals surface area contributed by atoms with Crippen LogP contribution in [0.15, 0.2) is 0 Å². The molecule has 0 heterocycles. The van der Waals surface area contributed by atoms with Crippen molar-refractivity contribution < 1.29 is 28.3 Å². The standard InChI is InChI=1S/C11H20F3NO2/c12-11(13,14)10(17)8-15(6-7-16)9-4-2-1-3-5-9/h9-10,16-17H,1-8H2/p+1/t10-/m0/s1. The van der Waals surface area contributed by atoms with Crippen molar-refractivity contribution in [3.05, 3.63) is 0 Å². The number of aliphatic hydroxyl groups excluding tert-OH is 2. The van der Waals surface area contributed by atoms with Gasteiger partial charge in [-0.3, -0.25) is 0 Å². The van der Waals surface area contributed by atoms with E-state index in [-0.39, 0.29) is 25.7 Å². The van der Waals surface area contributed by atoms with E-state index in [9.17, 15) is 13.2 Å². The summed E-state index contributed by atoms with van der Waals surface area (Å²) >= 11 is 0. The van der Waals surface area contributed by atoms with Gasteiger partial charge in [0.25, 0.3) is 0 Å². The molecule has 1 saturated carbocycles. The van der Waals surface area contributed by atoms with Crippen LogP contribution in [0.1, 0.15) is 32.1 Å². The summed E-state index contributed by atoms with van der Waals surface area (Å²) in [7, 11) is 0. The second-order valence-corrected chi connectivity index (χ2v) is 4.73. The predicted octanol–water partition coefficient (Wildman–Crippen LogP) is 0.119. The molecule has 0 amide bonds. The molecule has 0 spiro atoms. The Morgan fingerprint density at radius 1 is 1.18 bits per heavy atom. The Kier molecular flexibility index (Phi) is 5.69. The highest BCUT2D eigenvalue weighted by atomic mass is 19.4. The molecule has 1 aliphatic carbocycles. The van der Waals surface area contributed by atoms with E-state index in [0.29, 0.717) is 4.90 Å². The summed E-state index contributed by atoms with van der Waals surface area (Å²) < 4.78 is 36.9. The summed E-state index contributed by atoms with van der Waals surface area (Å²) in [4.78, 5) is 0.678. The van der Waals surface area contributed by atoms with Crippen LogP contribution in [0.25, 0.3) is 0 Å². The van der Waals surface area contributed by atoms with E-state index < -0.39 is 12.3 Å². The van der Waals surface area contributed by atoms with Gasteiger partial charge in [-0.1, -0.05) is 6.42 Å². The smallest absolute Gasteiger partial charge is 0.391 e. The summed E-state index contributed by atoms with van der Waals surface area (Å²) in [6.45, 7) is -0.219. The van der Waals surface area contributed by atoms with E-state index in [1.807, 2.05) is 0 Å². The molecule has 2 atom stereocenters. The van der Waals surface area contributed by atoms with Crippen molar-refractivity contribution in [3.63, 3.8) is 0 Å². The van der Waals surface area contributed by atoms with Gasteiger partial charge in [0.1, 0.15) is 13.1 Å². The van der Waals surface area contributed by atoms with Crippen molar-refractivity contribution >= 4 is 0 Å². The van der Waals surface area contributed by atoms with Crippen LogP contribution >= 0.6 is 0 Å². The summed E-state index contributed by atoms with van der Waals surface area (Å²) in [5.41, 5.74) is 0. The summed E-state index contributed by atoms with van der Waals surface area (Å²) in [5, 5.41) is 18.0. The second kappa shape index (κ2) is 6.56. The van der Waals surface area contributed by atoms with Gasteiger partial charge in [-0.25, -0.2) is 0 Å². The van der Waals surface area contributed by atoms with Crippen LogP contribution in [-0.2, 0) is 0 Å². The number of nitrogens with one attached hydrogen (secondary N) is 1. The third-order valence-corrected chi connectivity index (χ3v) is 3.45. The normalized spacial score (nSPS) is 22.4. The molecule has 6 heteroatoms. The van der Waals surface area contributed by atoms with Crippen LogP contribution in [0.4, 0.5) is 13.2 Å². The number of alkyl halides is 3. The molecule has 0 radical (unpaired) electrons. The highest BCUT2D eigenvalue weighted by Crippen LogP contribution is 2.19. The molecule has 0 aliphatic heterocycles. The molecule has 0 aromatic heterocycles. The first-order valence-electron chi connectivity index (χ1n) is 6.15. The van der Waals surface area contributed by atoms with Crippen molar-refractivity contribution in [1.29, 1.82) is 0 Å². The molecule has 3 nitrogen and oxygen atoms in total. The SMILES string of the molecule is OCC[NH+](C[C@H](O)C(F)(F)F)C1CCCCC1. The van der Waals surface area contributed by atoms with Crippen LogP contribution in [0.5, 0.6) is 0 Å². The molecule has 0 saturated heterocycles. The van der Waals surface area contributed by atoms with Crippen molar-refractivity contribution in [2.75, 3.05) is 19.7 Å². The second-order valence-electron chi connectivity index (χ2n) is 4.73. The van der Waals surface area contributed by atoms with E-state index in [2.05, 4.69) is 0 Å². The topological polar surface area (TPSA) is 44.9 Å². The molecular formula is C11H21F3NO2+. The predicted molar refractivity (Wildman–Crippen MR) is 56.7 cm³/mol. The molecule has 1 aliphatic rings. The molecule has 0 aromatic rings. The lowest BCUT2D eigenvalue weighted by Crippen LogP contribution is -3.17. The molecule has 0 aromatic carbocycles. The quantitative estimate of drug-likeness (QED) is 0.654.